The third-order valence-corrected chi connectivity index (χ3v) is 2.45. The third-order valence-electron chi connectivity index (χ3n) is 2.45. The number of nitrogens with zero attached hydrogens (tertiary/aromatic N) is 2. The van der Waals surface area contributed by atoms with E-state index in [1.54, 1.807) is 12.3 Å². The zero-order chi connectivity index (χ0) is 22.2. The predicted octanol–water partition coefficient (Wildman–Crippen LogP) is 7.50. The van der Waals surface area contributed by atoms with Crippen molar-refractivity contribution < 1.29 is 0 Å². The Balaban J connectivity index is -0.000000367. The van der Waals surface area contributed by atoms with E-state index in [1.165, 1.54) is 11.1 Å². The Labute approximate surface area is 176 Å². The summed E-state index contributed by atoms with van der Waals surface area (Å²) < 4.78 is 0. The molecule has 0 aliphatic carbocycles. The summed E-state index contributed by atoms with van der Waals surface area (Å²) in [6.07, 6.45) is 11.2. The van der Waals surface area contributed by atoms with Gasteiger partial charge in [0.15, 0.2) is 0 Å². The molecular weight excluding hydrogens is 340 g/mol. The molecule has 0 saturated heterocycles. The summed E-state index contributed by atoms with van der Waals surface area (Å²) in [4.78, 5) is 6.26. The molecule has 2 heteroatoms. The summed E-state index contributed by atoms with van der Waals surface area (Å²) in [5, 5.41) is 0. The maximum Gasteiger partial charge on any atom is 0.0264 e. The van der Waals surface area contributed by atoms with Crippen LogP contribution in [0.15, 0.2) is 84.6 Å². The standard InChI is InChI=1S/C12H20N2.C7H8.C4H10.C3H6/c1-5-6-8-13-9-7-10-14(4)11-12(2)3;1-7-5-3-2-4-6-7;1-4(2)3;1-3-2/h5-9H,2,10-11H2,1,3-4H3;2-6H,1H3;4H,1-3H3;3H,1H2,2H3/b6-5-,9-7?,13-8?;;;. The van der Waals surface area contributed by atoms with E-state index >= 15 is 0 Å². The lowest BCUT2D eigenvalue weighted by molar-refractivity contribution is 0.403. The Bertz CT molecular complexity index is 534. The number of likely N-dealkylation sites (N-methyl/N-ethyl adjacent to an activating group) is 1. The molecule has 0 spiro atoms. The number of aliphatic imine (C=N–C) groups is 1. The molecule has 2 nitrogen and oxygen atoms in total. The van der Waals surface area contributed by atoms with E-state index < -0.39 is 0 Å². The van der Waals surface area contributed by atoms with Gasteiger partial charge in [0.1, 0.15) is 0 Å². The molecule has 0 aliphatic heterocycles. The normalized spacial score (nSPS) is 10.2. The largest absolute Gasteiger partial charge is 0.299 e. The van der Waals surface area contributed by atoms with Crippen LogP contribution in [-0.4, -0.2) is 31.3 Å². The summed E-state index contributed by atoms with van der Waals surface area (Å²) in [6, 6.07) is 10.3. The molecular formula is C26H44N2. The van der Waals surface area contributed by atoms with Crippen LogP contribution in [0.5, 0.6) is 0 Å². The van der Waals surface area contributed by atoms with Crippen molar-refractivity contribution >= 4 is 6.21 Å². The van der Waals surface area contributed by atoms with Gasteiger partial charge in [-0.2, -0.15) is 0 Å². The van der Waals surface area contributed by atoms with Crippen LogP contribution in [-0.2, 0) is 0 Å². The fourth-order valence-corrected chi connectivity index (χ4v) is 1.53. The van der Waals surface area contributed by atoms with Crippen LogP contribution >= 0.6 is 0 Å². The minimum Gasteiger partial charge on any atom is -0.299 e. The number of benzene rings is 1. The van der Waals surface area contributed by atoms with E-state index in [4.69, 9.17) is 0 Å². The Morgan fingerprint density at radius 1 is 1.14 bits per heavy atom. The van der Waals surface area contributed by atoms with Crippen molar-refractivity contribution in [1.29, 1.82) is 0 Å². The van der Waals surface area contributed by atoms with Crippen molar-refractivity contribution in [3.05, 3.63) is 85.1 Å². The van der Waals surface area contributed by atoms with Crippen LogP contribution in [0, 0.1) is 12.8 Å². The minimum atomic E-state index is 0.833. The monoisotopic (exact) mass is 384 g/mol. The lowest BCUT2D eigenvalue weighted by Gasteiger charge is -2.12. The minimum absolute atomic E-state index is 0.833. The average Bonchev–Trinajstić information content (AvgIpc) is 2.59. The third kappa shape index (κ3) is 39.1. The smallest absolute Gasteiger partial charge is 0.0264 e. The molecule has 1 rings (SSSR count). The first-order valence-corrected chi connectivity index (χ1v) is 9.92. The van der Waals surface area contributed by atoms with Crippen molar-refractivity contribution in [3.63, 3.8) is 0 Å². The van der Waals surface area contributed by atoms with Gasteiger partial charge >= 0.3 is 0 Å². The van der Waals surface area contributed by atoms with Crippen LogP contribution in [0.1, 0.15) is 47.1 Å². The van der Waals surface area contributed by atoms with Crippen LogP contribution < -0.4 is 0 Å². The summed E-state index contributed by atoms with van der Waals surface area (Å²) in [5.74, 6) is 0.833. The highest BCUT2D eigenvalue weighted by molar-refractivity contribution is 5.71. The van der Waals surface area contributed by atoms with Crippen LogP contribution in [0.3, 0.4) is 0 Å². The second-order valence-electron chi connectivity index (χ2n) is 7.16. The second-order valence-corrected chi connectivity index (χ2v) is 7.16. The lowest BCUT2D eigenvalue weighted by atomic mass is 10.2. The molecule has 0 amide bonds. The molecule has 0 saturated carbocycles. The van der Waals surface area contributed by atoms with Gasteiger partial charge in [-0.05, 0) is 46.7 Å². The van der Waals surface area contributed by atoms with Gasteiger partial charge in [-0.3, -0.25) is 9.89 Å². The Hall–Kier alpha value is -2.19. The number of allylic oxidation sites excluding steroid dienone is 3. The zero-order valence-electron chi connectivity index (χ0n) is 19.7. The maximum absolute atomic E-state index is 4.07. The van der Waals surface area contributed by atoms with Gasteiger partial charge in [-0.1, -0.05) is 87.0 Å². The first-order chi connectivity index (χ1) is 13.2. The molecule has 28 heavy (non-hydrogen) atoms. The first kappa shape index (κ1) is 30.5. The van der Waals surface area contributed by atoms with Crippen molar-refractivity contribution in [2.24, 2.45) is 10.9 Å². The number of rotatable bonds is 6. The summed E-state index contributed by atoms with van der Waals surface area (Å²) in [6.45, 7) is 23.5. The Kier molecular flexibility index (Phi) is 27.1. The van der Waals surface area contributed by atoms with E-state index in [0.29, 0.717) is 0 Å². The molecule has 0 atom stereocenters. The van der Waals surface area contributed by atoms with Gasteiger partial charge in [0, 0.05) is 25.5 Å². The first-order valence-electron chi connectivity index (χ1n) is 9.92. The molecule has 0 fully saturated rings. The van der Waals surface area contributed by atoms with Crippen molar-refractivity contribution in [1.82, 2.24) is 4.90 Å². The molecule has 0 N–H and O–H groups in total. The summed E-state index contributed by atoms with van der Waals surface area (Å²) >= 11 is 0. The number of aryl methyl sites for hydroxylation is 1. The molecule has 158 valence electrons. The van der Waals surface area contributed by atoms with E-state index in [-0.39, 0.29) is 0 Å². The van der Waals surface area contributed by atoms with Crippen LogP contribution in [0.2, 0.25) is 0 Å². The van der Waals surface area contributed by atoms with Crippen molar-refractivity contribution in [2.45, 2.75) is 48.5 Å². The number of hydrogen-bond acceptors (Lipinski definition) is 2. The zero-order valence-corrected chi connectivity index (χ0v) is 19.7. The van der Waals surface area contributed by atoms with E-state index in [0.717, 1.165) is 19.0 Å². The van der Waals surface area contributed by atoms with Crippen LogP contribution in [0.25, 0.3) is 0 Å². The van der Waals surface area contributed by atoms with Gasteiger partial charge in [0.25, 0.3) is 0 Å². The fraction of sp³-hybridized carbons (Fsp3) is 0.423. The van der Waals surface area contributed by atoms with E-state index in [9.17, 15) is 0 Å². The fourth-order valence-electron chi connectivity index (χ4n) is 1.53. The highest BCUT2D eigenvalue weighted by atomic mass is 15.1. The van der Waals surface area contributed by atoms with E-state index in [1.807, 2.05) is 63.4 Å². The molecule has 1 aromatic rings. The molecule has 1 aromatic carbocycles. The topological polar surface area (TPSA) is 15.6 Å². The Morgan fingerprint density at radius 3 is 2.00 bits per heavy atom. The molecule has 0 bridgehead atoms. The SMILES string of the molecule is C=C(C)CN(C)CC=CN=C/C=C\C.C=CC.CC(C)C.Cc1ccccc1. The molecule has 0 radical (unpaired) electrons. The summed E-state index contributed by atoms with van der Waals surface area (Å²) in [5.41, 5.74) is 2.50. The Morgan fingerprint density at radius 2 is 1.64 bits per heavy atom. The molecule has 0 aromatic heterocycles. The average molecular weight is 385 g/mol. The number of hydrogen-bond donors (Lipinski definition) is 0. The lowest BCUT2D eigenvalue weighted by Crippen LogP contribution is -2.19. The summed E-state index contributed by atoms with van der Waals surface area (Å²) in [7, 11) is 2.06. The molecule has 0 aliphatic rings. The van der Waals surface area contributed by atoms with Gasteiger partial charge < -0.3 is 0 Å². The highest BCUT2D eigenvalue weighted by Gasteiger charge is 1.93. The van der Waals surface area contributed by atoms with Crippen molar-refractivity contribution in [2.75, 3.05) is 20.1 Å². The second kappa shape index (κ2) is 24.8. The van der Waals surface area contributed by atoms with Crippen LogP contribution in [0.4, 0.5) is 0 Å². The highest BCUT2D eigenvalue weighted by Crippen LogP contribution is 1.92. The van der Waals surface area contributed by atoms with Gasteiger partial charge in [0.2, 0.25) is 0 Å². The predicted molar refractivity (Wildman–Crippen MR) is 132 cm³/mol. The van der Waals surface area contributed by atoms with E-state index in [2.05, 4.69) is 69.9 Å². The van der Waals surface area contributed by atoms with Gasteiger partial charge in [-0.15, -0.1) is 6.58 Å². The molecule has 0 heterocycles. The quantitative estimate of drug-likeness (QED) is 0.366. The van der Waals surface area contributed by atoms with Gasteiger partial charge in [-0.25, -0.2) is 0 Å². The van der Waals surface area contributed by atoms with Crippen molar-refractivity contribution in [3.8, 4) is 0 Å². The van der Waals surface area contributed by atoms with Gasteiger partial charge in [0.05, 0.1) is 0 Å². The molecule has 0 unspecified atom stereocenters. The maximum atomic E-state index is 4.07.